The Bertz CT molecular complexity index is 741. The van der Waals surface area contributed by atoms with E-state index in [0.717, 1.165) is 43.6 Å². The molecule has 0 spiro atoms. The number of nitrogens with zero attached hydrogens (tertiary/aromatic N) is 3. The number of hydrogen-bond donors (Lipinski definition) is 2. The molecular weight excluding hydrogens is 477 g/mol. The average molecular weight is 511 g/mol. The standard InChI is InChI=1S/C22H33N5O.HI/c1-4-23-22(24-15-19-14-20(17(2)3)26-28-19)25-16-21(27-12-8-9-13-27)18-10-6-5-7-11-18;/h5-7,10-11,14,17,21H,4,8-9,12-13,15-16H2,1-3H3,(H2,23,24,25);1H. The van der Waals surface area contributed by atoms with Crippen molar-refractivity contribution < 1.29 is 4.52 Å². The molecule has 1 saturated heterocycles. The number of likely N-dealkylation sites (tertiary alicyclic amines) is 1. The van der Waals surface area contributed by atoms with Crippen LogP contribution in [0.2, 0.25) is 0 Å². The first-order chi connectivity index (χ1) is 13.7. The molecule has 3 rings (SSSR count). The fourth-order valence-electron chi connectivity index (χ4n) is 3.55. The quantitative estimate of drug-likeness (QED) is 0.314. The first kappa shape index (κ1) is 23.7. The van der Waals surface area contributed by atoms with E-state index < -0.39 is 0 Å². The summed E-state index contributed by atoms with van der Waals surface area (Å²) >= 11 is 0. The Balaban J connectivity index is 0.00000300. The van der Waals surface area contributed by atoms with Gasteiger partial charge in [0, 0.05) is 19.2 Å². The van der Waals surface area contributed by atoms with Crippen LogP contribution >= 0.6 is 24.0 Å². The van der Waals surface area contributed by atoms with Crippen LogP contribution in [0.15, 0.2) is 45.9 Å². The summed E-state index contributed by atoms with van der Waals surface area (Å²) in [5.41, 5.74) is 2.32. The molecule has 1 aromatic heterocycles. The van der Waals surface area contributed by atoms with Gasteiger partial charge in [0.25, 0.3) is 0 Å². The predicted molar refractivity (Wildman–Crippen MR) is 129 cm³/mol. The fraction of sp³-hybridized carbons (Fsp3) is 0.545. The van der Waals surface area contributed by atoms with Crippen molar-refractivity contribution >= 4 is 29.9 Å². The first-order valence-electron chi connectivity index (χ1n) is 10.4. The molecule has 0 radical (unpaired) electrons. The zero-order valence-electron chi connectivity index (χ0n) is 17.7. The third-order valence-electron chi connectivity index (χ3n) is 5.13. The van der Waals surface area contributed by atoms with Gasteiger partial charge in [0.2, 0.25) is 0 Å². The molecule has 1 atom stereocenters. The summed E-state index contributed by atoms with van der Waals surface area (Å²) in [5.74, 6) is 1.96. The smallest absolute Gasteiger partial charge is 0.191 e. The maximum absolute atomic E-state index is 5.41. The second-order valence-electron chi connectivity index (χ2n) is 7.62. The van der Waals surface area contributed by atoms with Crippen molar-refractivity contribution in [3.05, 3.63) is 53.4 Å². The summed E-state index contributed by atoms with van der Waals surface area (Å²) in [5, 5.41) is 11.0. The number of benzene rings is 1. The van der Waals surface area contributed by atoms with Crippen LogP contribution in [0.4, 0.5) is 0 Å². The molecule has 7 heteroatoms. The van der Waals surface area contributed by atoms with Gasteiger partial charge in [-0.1, -0.05) is 49.3 Å². The van der Waals surface area contributed by atoms with Crippen molar-refractivity contribution in [3.63, 3.8) is 0 Å². The maximum Gasteiger partial charge on any atom is 0.191 e. The first-order valence-corrected chi connectivity index (χ1v) is 10.4. The number of hydrogen-bond acceptors (Lipinski definition) is 4. The summed E-state index contributed by atoms with van der Waals surface area (Å²) in [6.07, 6.45) is 2.56. The molecule has 1 aromatic carbocycles. The lowest BCUT2D eigenvalue weighted by atomic mass is 10.1. The Morgan fingerprint density at radius 1 is 1.17 bits per heavy atom. The molecule has 0 bridgehead atoms. The van der Waals surface area contributed by atoms with Gasteiger partial charge in [0.05, 0.1) is 11.7 Å². The van der Waals surface area contributed by atoms with Gasteiger partial charge in [0.1, 0.15) is 6.54 Å². The molecule has 2 aromatic rings. The van der Waals surface area contributed by atoms with Crippen LogP contribution in [0.5, 0.6) is 0 Å². The van der Waals surface area contributed by atoms with E-state index >= 15 is 0 Å². The van der Waals surface area contributed by atoms with Crippen LogP contribution < -0.4 is 10.6 Å². The zero-order valence-corrected chi connectivity index (χ0v) is 20.1. The molecule has 0 aliphatic carbocycles. The molecule has 2 heterocycles. The Morgan fingerprint density at radius 3 is 2.52 bits per heavy atom. The molecule has 1 aliphatic rings. The largest absolute Gasteiger partial charge is 0.359 e. The van der Waals surface area contributed by atoms with E-state index in [1.807, 2.05) is 6.07 Å². The van der Waals surface area contributed by atoms with E-state index in [2.05, 4.69) is 71.8 Å². The van der Waals surface area contributed by atoms with E-state index in [1.54, 1.807) is 0 Å². The fourth-order valence-corrected chi connectivity index (χ4v) is 3.55. The molecule has 6 nitrogen and oxygen atoms in total. The number of guanidine groups is 1. The Morgan fingerprint density at radius 2 is 1.90 bits per heavy atom. The maximum atomic E-state index is 5.41. The predicted octanol–water partition coefficient (Wildman–Crippen LogP) is 4.31. The van der Waals surface area contributed by atoms with E-state index in [4.69, 9.17) is 9.52 Å². The highest BCUT2D eigenvalue weighted by Crippen LogP contribution is 2.24. The molecule has 1 fully saturated rings. The van der Waals surface area contributed by atoms with Gasteiger partial charge >= 0.3 is 0 Å². The second-order valence-corrected chi connectivity index (χ2v) is 7.62. The third kappa shape index (κ3) is 6.99. The van der Waals surface area contributed by atoms with E-state index in [0.29, 0.717) is 18.5 Å². The van der Waals surface area contributed by atoms with Gasteiger partial charge in [0.15, 0.2) is 11.7 Å². The van der Waals surface area contributed by atoms with E-state index in [9.17, 15) is 0 Å². The normalized spacial score (nSPS) is 15.9. The number of nitrogens with one attached hydrogen (secondary N) is 2. The number of halogens is 1. The lowest BCUT2D eigenvalue weighted by Crippen LogP contribution is -2.42. The van der Waals surface area contributed by atoms with Gasteiger partial charge in [-0.15, -0.1) is 24.0 Å². The zero-order chi connectivity index (χ0) is 19.8. The van der Waals surface area contributed by atoms with Crippen molar-refractivity contribution in [1.82, 2.24) is 20.7 Å². The lowest BCUT2D eigenvalue weighted by molar-refractivity contribution is 0.245. The summed E-state index contributed by atoms with van der Waals surface area (Å²) in [4.78, 5) is 7.26. The molecule has 1 aliphatic heterocycles. The molecule has 0 saturated carbocycles. The average Bonchev–Trinajstić information content (AvgIpc) is 3.39. The lowest BCUT2D eigenvalue weighted by Gasteiger charge is -2.29. The minimum Gasteiger partial charge on any atom is -0.359 e. The minimum atomic E-state index is 0. The SMILES string of the molecule is CCNC(=NCc1cc(C(C)C)no1)NCC(c1ccccc1)N1CCCC1.I. The van der Waals surface area contributed by atoms with E-state index in [1.165, 1.54) is 18.4 Å². The van der Waals surface area contributed by atoms with Crippen molar-refractivity contribution in [2.75, 3.05) is 26.2 Å². The number of aromatic nitrogens is 1. The highest BCUT2D eigenvalue weighted by Gasteiger charge is 2.23. The number of rotatable bonds is 8. The molecule has 160 valence electrons. The highest BCUT2D eigenvalue weighted by molar-refractivity contribution is 14.0. The van der Waals surface area contributed by atoms with E-state index in [-0.39, 0.29) is 24.0 Å². The Kier molecular flexibility index (Phi) is 9.93. The van der Waals surface area contributed by atoms with Crippen molar-refractivity contribution in [1.29, 1.82) is 0 Å². The molecule has 29 heavy (non-hydrogen) atoms. The number of aliphatic imine (C=N–C) groups is 1. The van der Waals surface area contributed by atoms with Gasteiger partial charge in [-0.05, 0) is 44.3 Å². The van der Waals surface area contributed by atoms with Crippen LogP contribution in [0, 0.1) is 0 Å². The van der Waals surface area contributed by atoms with Crippen LogP contribution in [0.1, 0.15) is 62.6 Å². The Hall–Kier alpha value is -1.61. The van der Waals surface area contributed by atoms with Crippen molar-refractivity contribution in [2.45, 2.75) is 52.1 Å². The summed E-state index contributed by atoms with van der Waals surface area (Å²) in [6.45, 7) is 10.7. The second kappa shape index (κ2) is 12.2. The molecular formula is C22H34IN5O. The third-order valence-corrected chi connectivity index (χ3v) is 5.13. The Labute approximate surface area is 191 Å². The van der Waals surface area contributed by atoms with Crippen molar-refractivity contribution in [3.8, 4) is 0 Å². The highest BCUT2D eigenvalue weighted by atomic mass is 127. The van der Waals surface area contributed by atoms with Crippen LogP contribution in [0.3, 0.4) is 0 Å². The topological polar surface area (TPSA) is 65.7 Å². The van der Waals surface area contributed by atoms with Gasteiger partial charge in [-0.3, -0.25) is 4.90 Å². The van der Waals surface area contributed by atoms with Gasteiger partial charge in [-0.25, -0.2) is 4.99 Å². The van der Waals surface area contributed by atoms with Crippen LogP contribution in [-0.2, 0) is 6.54 Å². The van der Waals surface area contributed by atoms with Crippen LogP contribution in [0.25, 0.3) is 0 Å². The molecule has 0 amide bonds. The minimum absolute atomic E-state index is 0. The molecule has 1 unspecified atom stereocenters. The molecule has 2 N–H and O–H groups in total. The summed E-state index contributed by atoms with van der Waals surface area (Å²) in [7, 11) is 0. The van der Waals surface area contributed by atoms with Gasteiger partial charge < -0.3 is 15.2 Å². The summed E-state index contributed by atoms with van der Waals surface area (Å²) < 4.78 is 5.41. The summed E-state index contributed by atoms with van der Waals surface area (Å²) in [6, 6.07) is 13.1. The monoisotopic (exact) mass is 511 g/mol. The van der Waals surface area contributed by atoms with Gasteiger partial charge in [-0.2, -0.15) is 0 Å². The van der Waals surface area contributed by atoms with Crippen molar-refractivity contribution in [2.24, 2.45) is 4.99 Å². The van der Waals surface area contributed by atoms with Crippen LogP contribution in [-0.4, -0.2) is 42.2 Å².